The smallest absolute Gasteiger partial charge is 0.328 e. The summed E-state index contributed by atoms with van der Waals surface area (Å²) in [7, 11) is 1.36. The molecule has 0 aliphatic heterocycles. The summed E-state index contributed by atoms with van der Waals surface area (Å²) >= 11 is 0. The highest BCUT2D eigenvalue weighted by Crippen LogP contribution is 2.18. The maximum absolute atomic E-state index is 11.6. The Balaban J connectivity index is 1.87. The van der Waals surface area contributed by atoms with Crippen LogP contribution in [0.4, 0.5) is 5.69 Å². The van der Waals surface area contributed by atoms with E-state index in [4.69, 9.17) is 4.74 Å². The normalized spacial score (nSPS) is 15.5. The third-order valence-corrected chi connectivity index (χ3v) is 3.12. The highest BCUT2D eigenvalue weighted by atomic mass is 16.5. The van der Waals surface area contributed by atoms with Crippen molar-refractivity contribution in [3.63, 3.8) is 0 Å². The lowest BCUT2D eigenvalue weighted by Gasteiger charge is -2.13. The first-order valence-electron chi connectivity index (χ1n) is 6.78. The van der Waals surface area contributed by atoms with Crippen LogP contribution in [-0.4, -0.2) is 40.9 Å². The van der Waals surface area contributed by atoms with E-state index in [0.717, 1.165) is 12.8 Å². The van der Waals surface area contributed by atoms with Gasteiger partial charge in [0.1, 0.15) is 12.6 Å². The Kier molecular flexibility index (Phi) is 4.60. The minimum atomic E-state index is -0.405. The van der Waals surface area contributed by atoms with E-state index in [1.54, 1.807) is 17.1 Å². The molecular weight excluding hydrogens is 260 g/mol. The molecule has 0 aromatic carbocycles. The summed E-state index contributed by atoms with van der Waals surface area (Å²) < 4.78 is 6.25. The topological polar surface area (TPSA) is 85.3 Å². The Bertz CT molecular complexity index is 482. The van der Waals surface area contributed by atoms with Crippen LogP contribution in [0.2, 0.25) is 0 Å². The molecule has 1 aliphatic carbocycles. The van der Waals surface area contributed by atoms with Crippen molar-refractivity contribution in [3.05, 3.63) is 12.4 Å². The number of amides is 1. The van der Waals surface area contributed by atoms with Gasteiger partial charge >= 0.3 is 5.97 Å². The maximum Gasteiger partial charge on any atom is 0.328 e. The molecular formula is C13H20N4O3. The van der Waals surface area contributed by atoms with E-state index in [-0.39, 0.29) is 18.4 Å². The lowest BCUT2D eigenvalue weighted by molar-refractivity contribution is -0.141. The molecule has 1 saturated carbocycles. The fourth-order valence-corrected chi connectivity index (χ4v) is 1.84. The number of methoxy groups -OCH3 is 1. The minimum Gasteiger partial charge on any atom is -0.467 e. The molecule has 1 heterocycles. The van der Waals surface area contributed by atoms with Crippen LogP contribution in [0.1, 0.15) is 26.2 Å². The van der Waals surface area contributed by atoms with Gasteiger partial charge in [0, 0.05) is 12.2 Å². The van der Waals surface area contributed by atoms with Crippen molar-refractivity contribution in [2.24, 2.45) is 0 Å². The van der Waals surface area contributed by atoms with E-state index in [2.05, 4.69) is 15.7 Å². The zero-order valence-electron chi connectivity index (χ0n) is 11.8. The van der Waals surface area contributed by atoms with Crippen LogP contribution in [0.5, 0.6) is 0 Å². The van der Waals surface area contributed by atoms with Gasteiger partial charge in [-0.25, -0.2) is 4.79 Å². The van der Waals surface area contributed by atoms with Crippen LogP contribution >= 0.6 is 0 Å². The van der Waals surface area contributed by atoms with Crippen LogP contribution in [0.3, 0.4) is 0 Å². The first-order chi connectivity index (χ1) is 9.62. The van der Waals surface area contributed by atoms with Gasteiger partial charge in [-0.15, -0.1) is 0 Å². The van der Waals surface area contributed by atoms with Gasteiger partial charge in [0.05, 0.1) is 19.0 Å². The number of ether oxygens (including phenoxy) is 1. The summed E-state index contributed by atoms with van der Waals surface area (Å²) in [4.78, 5) is 23.1. The lowest BCUT2D eigenvalue weighted by Crippen LogP contribution is -2.30. The molecule has 1 aromatic heterocycles. The highest BCUT2D eigenvalue weighted by Gasteiger charge is 2.23. The fraction of sp³-hybridized carbons (Fsp3) is 0.615. The molecule has 20 heavy (non-hydrogen) atoms. The number of rotatable bonds is 7. The summed E-state index contributed by atoms with van der Waals surface area (Å²) in [6.45, 7) is 2.08. The monoisotopic (exact) mass is 280 g/mol. The van der Waals surface area contributed by atoms with E-state index >= 15 is 0 Å². The summed E-state index contributed by atoms with van der Waals surface area (Å²) in [5, 5.41) is 10.0. The zero-order chi connectivity index (χ0) is 14.5. The molecule has 0 saturated heterocycles. The zero-order valence-corrected chi connectivity index (χ0v) is 11.8. The Morgan fingerprint density at radius 1 is 1.55 bits per heavy atom. The second kappa shape index (κ2) is 6.40. The van der Waals surface area contributed by atoms with E-state index in [1.165, 1.54) is 7.11 Å². The molecule has 110 valence electrons. The van der Waals surface area contributed by atoms with Crippen LogP contribution in [-0.2, 0) is 20.9 Å². The van der Waals surface area contributed by atoms with E-state index in [0.29, 0.717) is 18.2 Å². The van der Waals surface area contributed by atoms with Gasteiger partial charge in [0.25, 0.3) is 0 Å². The predicted molar refractivity (Wildman–Crippen MR) is 73.1 cm³/mol. The minimum absolute atomic E-state index is 0.0397. The second-order valence-corrected chi connectivity index (χ2v) is 4.90. The highest BCUT2D eigenvalue weighted by molar-refractivity contribution is 5.79. The largest absolute Gasteiger partial charge is 0.467 e. The molecule has 1 unspecified atom stereocenters. The number of anilines is 1. The van der Waals surface area contributed by atoms with Crippen LogP contribution in [0.25, 0.3) is 0 Å². The third kappa shape index (κ3) is 3.97. The molecule has 1 amide bonds. The average Bonchev–Trinajstić information content (AvgIpc) is 3.13. The molecule has 1 atom stereocenters. The molecule has 2 rings (SSSR count). The Morgan fingerprint density at radius 2 is 2.30 bits per heavy atom. The molecule has 0 radical (unpaired) electrons. The number of nitrogens with zero attached hydrogens (tertiary/aromatic N) is 2. The first-order valence-corrected chi connectivity index (χ1v) is 6.78. The van der Waals surface area contributed by atoms with Crippen molar-refractivity contribution in [2.45, 2.75) is 44.8 Å². The Morgan fingerprint density at radius 3 is 2.90 bits per heavy atom. The maximum atomic E-state index is 11.6. The van der Waals surface area contributed by atoms with Crippen LogP contribution < -0.4 is 10.6 Å². The van der Waals surface area contributed by atoms with Gasteiger partial charge in [-0.1, -0.05) is 6.92 Å². The van der Waals surface area contributed by atoms with Crippen LogP contribution in [0.15, 0.2) is 12.4 Å². The van der Waals surface area contributed by atoms with Crippen molar-refractivity contribution in [3.8, 4) is 0 Å². The van der Waals surface area contributed by atoms with Gasteiger partial charge in [-0.3, -0.25) is 9.48 Å². The Hall–Kier alpha value is -2.05. The molecule has 7 heteroatoms. The average molecular weight is 280 g/mol. The number of aromatic nitrogens is 2. The second-order valence-electron chi connectivity index (χ2n) is 4.90. The van der Waals surface area contributed by atoms with Gasteiger partial charge in [-0.2, -0.15) is 5.10 Å². The number of nitrogens with one attached hydrogen (secondary N) is 2. The number of carbonyl (C=O) groups is 2. The van der Waals surface area contributed by atoms with Gasteiger partial charge in [0.2, 0.25) is 5.91 Å². The van der Waals surface area contributed by atoms with Crippen molar-refractivity contribution < 1.29 is 14.3 Å². The number of hydrogen-bond acceptors (Lipinski definition) is 5. The third-order valence-electron chi connectivity index (χ3n) is 3.12. The molecule has 1 fully saturated rings. The van der Waals surface area contributed by atoms with E-state index in [1.807, 2.05) is 6.92 Å². The molecule has 0 bridgehead atoms. The summed E-state index contributed by atoms with van der Waals surface area (Å²) in [6, 6.07) is -0.0580. The van der Waals surface area contributed by atoms with Crippen molar-refractivity contribution >= 4 is 17.6 Å². The SMILES string of the molecule is CCC(Nc1cnn(CC(=O)NC2CC2)c1)C(=O)OC. The van der Waals surface area contributed by atoms with Gasteiger partial charge in [-0.05, 0) is 19.3 Å². The molecule has 1 aromatic rings. The predicted octanol–water partition coefficient (Wildman–Crippen LogP) is 0.525. The molecule has 0 spiro atoms. The molecule has 7 nitrogen and oxygen atoms in total. The molecule has 2 N–H and O–H groups in total. The number of carbonyl (C=O) groups excluding carboxylic acids is 2. The van der Waals surface area contributed by atoms with Crippen molar-refractivity contribution in [1.82, 2.24) is 15.1 Å². The summed E-state index contributed by atoms with van der Waals surface area (Å²) in [6.07, 6.45) is 6.04. The number of hydrogen-bond donors (Lipinski definition) is 2. The van der Waals surface area contributed by atoms with Crippen LogP contribution in [0, 0.1) is 0 Å². The van der Waals surface area contributed by atoms with E-state index < -0.39 is 6.04 Å². The summed E-state index contributed by atoms with van der Waals surface area (Å²) in [5.41, 5.74) is 0.696. The first kappa shape index (κ1) is 14.4. The lowest BCUT2D eigenvalue weighted by atomic mass is 10.2. The number of esters is 1. The van der Waals surface area contributed by atoms with Crippen molar-refractivity contribution in [2.75, 3.05) is 12.4 Å². The Labute approximate surface area is 117 Å². The molecule has 1 aliphatic rings. The summed E-state index contributed by atoms with van der Waals surface area (Å²) in [5.74, 6) is -0.353. The van der Waals surface area contributed by atoms with Gasteiger partial charge in [0.15, 0.2) is 0 Å². The van der Waals surface area contributed by atoms with Gasteiger partial charge < -0.3 is 15.4 Å². The standard InChI is InChI=1S/C13H20N4O3/c1-3-11(13(19)20-2)15-10-6-14-17(7-10)8-12(18)16-9-4-5-9/h6-7,9,11,15H,3-5,8H2,1-2H3,(H,16,18). The van der Waals surface area contributed by atoms with Crippen molar-refractivity contribution in [1.29, 1.82) is 0 Å². The quantitative estimate of drug-likeness (QED) is 0.711. The fourth-order valence-electron chi connectivity index (χ4n) is 1.84. The van der Waals surface area contributed by atoms with E-state index in [9.17, 15) is 9.59 Å².